The number of aliphatic hydroxyl groups is 1. The predicted octanol–water partition coefficient (Wildman–Crippen LogP) is 0.908. The molecule has 1 amide bonds. The number of carbonyl (C=O) groups excluding carboxylic acids is 1. The van der Waals surface area contributed by atoms with Gasteiger partial charge >= 0.3 is 0 Å². The fourth-order valence-corrected chi connectivity index (χ4v) is 3.69. The minimum absolute atomic E-state index is 0.0249. The van der Waals surface area contributed by atoms with Gasteiger partial charge in [-0.2, -0.15) is 0 Å². The molecule has 92 valence electrons. The number of nitrogens with two attached hydrogens (primary N) is 1. The summed E-state index contributed by atoms with van der Waals surface area (Å²) in [6.45, 7) is 0. The number of hydrogen-bond donors (Lipinski definition) is 3. The van der Waals surface area contributed by atoms with E-state index in [4.69, 9.17) is 11.1 Å². The first kappa shape index (κ1) is 10.6. The van der Waals surface area contributed by atoms with Gasteiger partial charge in [0.05, 0.1) is 6.04 Å². The molecule has 2 fully saturated rings. The second-order valence-corrected chi connectivity index (χ2v) is 5.24. The molecular weight excluding hydrogens is 218 g/mol. The van der Waals surface area contributed by atoms with Crippen LogP contribution in [0.15, 0.2) is 11.3 Å². The SMILES string of the molecule is N=C1C(C(N)=O)=C(O)[C@H]2C[C@H]3CCCC[C@@H]3N12. The monoisotopic (exact) mass is 235 g/mol. The zero-order valence-corrected chi connectivity index (χ0v) is 9.65. The lowest BCUT2D eigenvalue weighted by molar-refractivity contribution is -0.114. The number of hydrogen-bond acceptors (Lipinski definition) is 3. The molecule has 0 aromatic heterocycles. The fourth-order valence-electron chi connectivity index (χ4n) is 3.69. The minimum atomic E-state index is -0.686. The lowest BCUT2D eigenvalue weighted by Crippen LogP contribution is -2.40. The molecule has 3 atom stereocenters. The first-order valence-corrected chi connectivity index (χ1v) is 6.21. The van der Waals surface area contributed by atoms with Gasteiger partial charge in [0.1, 0.15) is 17.2 Å². The normalized spacial score (nSPS) is 36.1. The topological polar surface area (TPSA) is 90.4 Å². The van der Waals surface area contributed by atoms with Gasteiger partial charge < -0.3 is 15.7 Å². The number of primary amides is 1. The van der Waals surface area contributed by atoms with Gasteiger partial charge in [-0.15, -0.1) is 0 Å². The summed E-state index contributed by atoms with van der Waals surface area (Å²) in [5.41, 5.74) is 5.25. The summed E-state index contributed by atoms with van der Waals surface area (Å²) in [6, 6.07) is 0.151. The molecule has 3 rings (SSSR count). The Morgan fingerprint density at radius 1 is 1.41 bits per heavy atom. The number of amidine groups is 1. The number of aliphatic hydroxyl groups excluding tert-OH is 1. The maximum absolute atomic E-state index is 11.3. The Hall–Kier alpha value is -1.52. The van der Waals surface area contributed by atoms with Gasteiger partial charge in [-0.05, 0) is 25.2 Å². The van der Waals surface area contributed by atoms with Crippen LogP contribution in [0.25, 0.3) is 0 Å². The summed E-state index contributed by atoms with van der Waals surface area (Å²) in [5.74, 6) is 0.0336. The van der Waals surface area contributed by atoms with Crippen molar-refractivity contribution in [3.63, 3.8) is 0 Å². The standard InChI is InChI=1S/C12H17N3O2/c13-11-9(12(14)17)10(16)8-5-6-3-1-2-4-7(6)15(8)11/h6-8,13,16H,1-5H2,(H2,14,17)/t6-,7+,8-/m1/s1. The highest BCUT2D eigenvalue weighted by Crippen LogP contribution is 2.45. The van der Waals surface area contributed by atoms with Crippen molar-refractivity contribution in [2.45, 2.75) is 44.2 Å². The van der Waals surface area contributed by atoms with Crippen molar-refractivity contribution in [1.82, 2.24) is 4.90 Å². The number of nitrogens with zero attached hydrogens (tertiary/aromatic N) is 1. The average Bonchev–Trinajstić information content (AvgIpc) is 2.76. The summed E-state index contributed by atoms with van der Waals surface area (Å²) in [7, 11) is 0. The number of rotatable bonds is 1. The molecule has 5 nitrogen and oxygen atoms in total. The van der Waals surface area contributed by atoms with Gasteiger partial charge in [-0.1, -0.05) is 12.8 Å². The summed E-state index contributed by atoms with van der Waals surface area (Å²) < 4.78 is 0. The largest absolute Gasteiger partial charge is 0.509 e. The third-order valence-corrected chi connectivity index (χ3v) is 4.40. The number of amides is 1. The summed E-state index contributed by atoms with van der Waals surface area (Å²) in [5, 5.41) is 18.1. The molecule has 0 radical (unpaired) electrons. The van der Waals surface area contributed by atoms with E-state index in [0.29, 0.717) is 12.0 Å². The van der Waals surface area contributed by atoms with Gasteiger partial charge in [0.2, 0.25) is 0 Å². The quantitative estimate of drug-likeness (QED) is 0.631. The van der Waals surface area contributed by atoms with Crippen molar-refractivity contribution in [3.8, 4) is 0 Å². The van der Waals surface area contributed by atoms with Gasteiger partial charge in [0.15, 0.2) is 0 Å². The van der Waals surface area contributed by atoms with Crippen LogP contribution in [0.2, 0.25) is 0 Å². The Morgan fingerprint density at radius 2 is 2.12 bits per heavy atom. The number of carbonyl (C=O) groups is 1. The van der Waals surface area contributed by atoms with Gasteiger partial charge in [0.25, 0.3) is 5.91 Å². The van der Waals surface area contributed by atoms with Gasteiger partial charge in [-0.3, -0.25) is 10.2 Å². The molecule has 0 unspecified atom stereocenters. The molecule has 3 aliphatic rings. The second-order valence-electron chi connectivity index (χ2n) is 5.24. The third-order valence-electron chi connectivity index (χ3n) is 4.40. The van der Waals surface area contributed by atoms with E-state index >= 15 is 0 Å². The van der Waals surface area contributed by atoms with Crippen LogP contribution in [0.1, 0.15) is 32.1 Å². The van der Waals surface area contributed by atoms with Crippen LogP contribution in [0.3, 0.4) is 0 Å². The Balaban J connectivity index is 1.96. The van der Waals surface area contributed by atoms with Crippen LogP contribution in [-0.4, -0.2) is 33.8 Å². The van der Waals surface area contributed by atoms with E-state index < -0.39 is 5.91 Å². The van der Waals surface area contributed by atoms with Gasteiger partial charge in [-0.25, -0.2) is 0 Å². The van der Waals surface area contributed by atoms with Crippen molar-refractivity contribution in [2.75, 3.05) is 0 Å². The second kappa shape index (κ2) is 3.48. The minimum Gasteiger partial charge on any atom is -0.509 e. The highest BCUT2D eigenvalue weighted by molar-refractivity contribution is 6.21. The fraction of sp³-hybridized carbons (Fsp3) is 0.667. The first-order valence-electron chi connectivity index (χ1n) is 6.21. The Morgan fingerprint density at radius 3 is 2.82 bits per heavy atom. The zero-order chi connectivity index (χ0) is 12.2. The summed E-state index contributed by atoms with van der Waals surface area (Å²) >= 11 is 0. The molecular formula is C12H17N3O2. The summed E-state index contributed by atoms with van der Waals surface area (Å²) in [6.07, 6.45) is 5.50. The van der Waals surface area contributed by atoms with Crippen molar-refractivity contribution >= 4 is 11.7 Å². The molecule has 0 bridgehead atoms. The van der Waals surface area contributed by atoms with E-state index in [2.05, 4.69) is 0 Å². The first-order chi connectivity index (χ1) is 8.11. The Bertz CT molecular complexity index is 429. The van der Waals surface area contributed by atoms with E-state index in [1.165, 1.54) is 19.3 Å². The molecule has 4 N–H and O–H groups in total. The maximum Gasteiger partial charge on any atom is 0.255 e. The van der Waals surface area contributed by atoms with E-state index in [0.717, 1.165) is 12.8 Å². The Labute approximate surface area is 99.8 Å². The van der Waals surface area contributed by atoms with Crippen LogP contribution >= 0.6 is 0 Å². The van der Waals surface area contributed by atoms with Crippen LogP contribution in [0.4, 0.5) is 0 Å². The molecule has 5 heteroatoms. The Kier molecular flexibility index (Phi) is 2.18. The number of nitrogens with one attached hydrogen (secondary N) is 1. The lowest BCUT2D eigenvalue weighted by Gasteiger charge is -2.32. The lowest BCUT2D eigenvalue weighted by atomic mass is 9.84. The van der Waals surface area contributed by atoms with E-state index in [-0.39, 0.29) is 23.2 Å². The zero-order valence-electron chi connectivity index (χ0n) is 9.65. The highest BCUT2D eigenvalue weighted by Gasteiger charge is 2.51. The van der Waals surface area contributed by atoms with E-state index in [9.17, 15) is 9.90 Å². The van der Waals surface area contributed by atoms with Crippen LogP contribution in [0.5, 0.6) is 0 Å². The van der Waals surface area contributed by atoms with Crippen molar-refractivity contribution < 1.29 is 9.90 Å². The molecule has 17 heavy (non-hydrogen) atoms. The molecule has 1 saturated heterocycles. The molecule has 0 aromatic carbocycles. The van der Waals surface area contributed by atoms with Crippen molar-refractivity contribution in [1.29, 1.82) is 5.41 Å². The molecule has 1 aliphatic carbocycles. The maximum atomic E-state index is 11.3. The van der Waals surface area contributed by atoms with Gasteiger partial charge in [0, 0.05) is 6.04 Å². The van der Waals surface area contributed by atoms with E-state index in [1.54, 1.807) is 0 Å². The van der Waals surface area contributed by atoms with Crippen molar-refractivity contribution in [2.24, 2.45) is 11.7 Å². The molecule has 1 saturated carbocycles. The third kappa shape index (κ3) is 1.31. The number of fused-ring (bicyclic) bond motifs is 3. The molecule has 2 aliphatic heterocycles. The van der Waals surface area contributed by atoms with Crippen molar-refractivity contribution in [3.05, 3.63) is 11.3 Å². The molecule has 2 heterocycles. The molecule has 0 aromatic rings. The molecule has 0 spiro atoms. The smallest absolute Gasteiger partial charge is 0.255 e. The van der Waals surface area contributed by atoms with E-state index in [1.807, 2.05) is 4.90 Å². The highest BCUT2D eigenvalue weighted by atomic mass is 16.3. The van der Waals surface area contributed by atoms with Crippen LogP contribution in [-0.2, 0) is 4.79 Å². The summed E-state index contributed by atoms with van der Waals surface area (Å²) in [4.78, 5) is 13.2. The predicted molar refractivity (Wildman–Crippen MR) is 62.6 cm³/mol. The van der Waals surface area contributed by atoms with Crippen LogP contribution in [0, 0.1) is 11.3 Å². The average molecular weight is 235 g/mol. The van der Waals surface area contributed by atoms with Crippen LogP contribution < -0.4 is 5.73 Å².